The van der Waals surface area contributed by atoms with Gasteiger partial charge >= 0.3 is 23.1 Å². The van der Waals surface area contributed by atoms with E-state index >= 15 is 0 Å². The third kappa shape index (κ3) is 12.2. The number of aliphatic hydroxyl groups excluding tert-OH is 1. The maximum Gasteiger partial charge on any atom is 2.00 e. The molecule has 2 aromatic carbocycles. The van der Waals surface area contributed by atoms with Gasteiger partial charge in [0.1, 0.15) is 18.3 Å². The molecule has 4 heterocycles. The van der Waals surface area contributed by atoms with Gasteiger partial charge in [-0.1, -0.05) is 12.1 Å². The number of hydrogen-bond acceptors (Lipinski definition) is 10. The fraction of sp³-hybridized carbons (Fsp3) is 0.367. The van der Waals surface area contributed by atoms with Crippen LogP contribution in [0.1, 0.15) is 66.8 Å². The summed E-state index contributed by atoms with van der Waals surface area (Å²) in [5.74, 6) is 2.01. The molecule has 220 valence electrons. The van der Waals surface area contributed by atoms with Gasteiger partial charge in [-0.25, -0.2) is 9.97 Å². The summed E-state index contributed by atoms with van der Waals surface area (Å²) in [5, 5.41) is 10.1. The summed E-state index contributed by atoms with van der Waals surface area (Å²) in [5.41, 5.74) is 0.712. The van der Waals surface area contributed by atoms with Gasteiger partial charge < -0.3 is 49.9 Å². The molecule has 2 aliphatic rings. The van der Waals surface area contributed by atoms with Gasteiger partial charge in [0.15, 0.2) is 18.7 Å². The van der Waals surface area contributed by atoms with Crippen LogP contribution in [-0.2, 0) is 9.47 Å². The maximum absolute atomic E-state index is 10.1. The van der Waals surface area contributed by atoms with Crippen molar-refractivity contribution in [3.05, 3.63) is 96.9 Å². The topological polar surface area (TPSA) is 126 Å². The van der Waals surface area contributed by atoms with E-state index in [1.807, 2.05) is 36.4 Å². The summed E-state index contributed by atoms with van der Waals surface area (Å²) in [4.78, 5) is 17.2. The number of aldehydes is 1. The van der Waals surface area contributed by atoms with Crippen LogP contribution >= 0.6 is 0 Å². The summed E-state index contributed by atoms with van der Waals surface area (Å²) in [6.07, 6.45) is 11.7. The van der Waals surface area contributed by atoms with Gasteiger partial charge in [-0.3, -0.25) is 4.79 Å². The molecule has 6 rings (SSSR count). The number of carbonyl (C=O) groups is 1. The summed E-state index contributed by atoms with van der Waals surface area (Å²) < 4.78 is 31.9. The van der Waals surface area contributed by atoms with Crippen molar-refractivity contribution >= 4 is 29.3 Å². The minimum atomic E-state index is -0.856. The first kappa shape index (κ1) is 35.5. The third-order valence-electron chi connectivity index (χ3n) is 5.93. The van der Waals surface area contributed by atoms with Crippen LogP contribution in [0.3, 0.4) is 0 Å². The van der Waals surface area contributed by atoms with Crippen LogP contribution in [0.5, 0.6) is 11.5 Å². The van der Waals surface area contributed by atoms with Gasteiger partial charge in [0.05, 0.1) is 25.6 Å². The molecular formula is C30H33BrMgN2O8. The Hall–Kier alpha value is -2.74. The monoisotopic (exact) mass is 652 g/mol. The molecule has 3 unspecified atom stereocenters. The number of carbonyl (C=O) groups excluding carboxylic acids is 1. The van der Waals surface area contributed by atoms with Gasteiger partial charge in [-0.15, -0.1) is 12.1 Å². The Bertz CT molecular complexity index is 1200. The van der Waals surface area contributed by atoms with E-state index in [1.54, 1.807) is 12.1 Å². The first-order valence-corrected chi connectivity index (χ1v) is 13.3. The molecule has 42 heavy (non-hydrogen) atoms. The molecule has 2 saturated heterocycles. The van der Waals surface area contributed by atoms with E-state index in [0.717, 1.165) is 56.8 Å². The molecule has 4 aromatic rings. The van der Waals surface area contributed by atoms with Gasteiger partial charge in [0, 0.05) is 18.6 Å². The number of oxazole rings is 2. The van der Waals surface area contributed by atoms with Crippen molar-refractivity contribution in [3.63, 3.8) is 0 Å². The Labute approximate surface area is 271 Å². The van der Waals surface area contributed by atoms with E-state index in [4.69, 9.17) is 23.4 Å². The number of halogens is 1. The first-order valence-electron chi connectivity index (χ1n) is 13.3. The molecule has 2 fully saturated rings. The number of benzene rings is 2. The number of ether oxygens (including phenoxy) is 4. The number of aromatic nitrogens is 2. The molecule has 10 nitrogen and oxygen atoms in total. The maximum atomic E-state index is 10.1. The Morgan fingerprint density at radius 3 is 1.86 bits per heavy atom. The molecule has 0 bridgehead atoms. The van der Waals surface area contributed by atoms with Gasteiger partial charge in [-0.05, 0) is 43.4 Å². The van der Waals surface area contributed by atoms with E-state index in [0.29, 0.717) is 11.8 Å². The van der Waals surface area contributed by atoms with Crippen molar-refractivity contribution in [2.75, 3.05) is 13.2 Å². The van der Waals surface area contributed by atoms with E-state index in [9.17, 15) is 9.90 Å². The molecule has 0 saturated carbocycles. The minimum absolute atomic E-state index is 0. The largest absolute Gasteiger partial charge is 2.00 e. The standard InChI is InChI=1S/C15H17NO4.C11H13O2.C4H3NO2.BrH.Mg/c17-14(15-16-8-10-19-15)11-4-6-12(7-5-11)20-13-3-1-2-9-18-13;1-2-6-10(7-3-1)13-11-8-4-5-9-12-11;6-3-4-5-1-2-7-4;;/h4-8,10,13-14,17H,1-3,9H2;2-3,6-7,11H,4-5,8-9H2;1-3H;1H;/q;-1;;;+2/p-1. The molecule has 0 aliphatic carbocycles. The van der Waals surface area contributed by atoms with Crippen molar-refractivity contribution in [2.24, 2.45) is 0 Å². The summed E-state index contributed by atoms with van der Waals surface area (Å²) in [6.45, 7) is 1.58. The molecular weight excluding hydrogens is 621 g/mol. The predicted octanol–water partition coefficient (Wildman–Crippen LogP) is 2.16. The van der Waals surface area contributed by atoms with Crippen molar-refractivity contribution < 1.29 is 54.7 Å². The Kier molecular flexibility index (Phi) is 17.1. The second kappa shape index (κ2) is 20.2. The van der Waals surface area contributed by atoms with Crippen molar-refractivity contribution in [1.82, 2.24) is 9.97 Å². The molecule has 1 N–H and O–H groups in total. The Morgan fingerprint density at radius 1 is 0.833 bits per heavy atom. The Morgan fingerprint density at radius 2 is 1.40 bits per heavy atom. The van der Waals surface area contributed by atoms with Crippen molar-refractivity contribution in [1.29, 1.82) is 0 Å². The quantitative estimate of drug-likeness (QED) is 0.180. The number of rotatable bonds is 7. The number of hydrogen-bond donors (Lipinski definition) is 1. The smallest absolute Gasteiger partial charge is 1.00 e. The summed E-state index contributed by atoms with van der Waals surface area (Å²) >= 11 is 0. The van der Waals surface area contributed by atoms with Crippen LogP contribution < -0.4 is 26.5 Å². The van der Waals surface area contributed by atoms with Crippen molar-refractivity contribution in [2.45, 2.75) is 57.2 Å². The van der Waals surface area contributed by atoms with E-state index < -0.39 is 6.10 Å². The summed E-state index contributed by atoms with van der Waals surface area (Å²) in [6, 6.07) is 17.7. The van der Waals surface area contributed by atoms with Crippen LogP contribution in [-0.4, -0.2) is 70.2 Å². The average molecular weight is 654 g/mol. The van der Waals surface area contributed by atoms with E-state index in [1.165, 1.54) is 31.3 Å². The zero-order chi connectivity index (χ0) is 27.8. The fourth-order valence-corrected chi connectivity index (χ4v) is 3.90. The Balaban J connectivity index is 0.000000241. The van der Waals surface area contributed by atoms with Crippen LogP contribution in [0.15, 0.2) is 82.3 Å². The first-order chi connectivity index (χ1) is 19.7. The van der Waals surface area contributed by atoms with Crippen LogP contribution in [0, 0.1) is 6.07 Å². The minimum Gasteiger partial charge on any atom is -1.00 e. The average Bonchev–Trinajstić information content (AvgIpc) is 3.75. The normalized spacial score (nSPS) is 18.2. The van der Waals surface area contributed by atoms with Gasteiger partial charge in [0.2, 0.25) is 12.2 Å². The molecule has 0 radical (unpaired) electrons. The third-order valence-corrected chi connectivity index (χ3v) is 5.93. The van der Waals surface area contributed by atoms with Crippen molar-refractivity contribution in [3.8, 4) is 11.5 Å². The second-order valence-corrected chi connectivity index (χ2v) is 8.89. The second-order valence-electron chi connectivity index (χ2n) is 8.89. The molecule has 12 heteroatoms. The molecule has 0 spiro atoms. The molecule has 2 aliphatic heterocycles. The van der Waals surface area contributed by atoms with E-state index in [2.05, 4.69) is 20.5 Å². The SMILES string of the molecule is O=Cc1ncco1.OC(c1ccc(OC2CCCCO2)cc1)c1ncco1.[Br-].[Mg+2].[c-]1ccc(OC2CCCCO2)cc1. The molecule has 2 aromatic heterocycles. The molecule has 0 amide bonds. The summed E-state index contributed by atoms with van der Waals surface area (Å²) in [7, 11) is 0. The van der Waals surface area contributed by atoms with Gasteiger partial charge in [-0.2, -0.15) is 18.2 Å². The van der Waals surface area contributed by atoms with Gasteiger partial charge in [0.25, 0.3) is 5.89 Å². The molecule has 3 atom stereocenters. The van der Waals surface area contributed by atoms with Crippen LogP contribution in [0.4, 0.5) is 0 Å². The fourth-order valence-electron chi connectivity index (χ4n) is 3.90. The van der Waals surface area contributed by atoms with E-state index in [-0.39, 0.29) is 64.4 Å². The zero-order valence-electron chi connectivity index (χ0n) is 23.2. The number of aliphatic hydroxyl groups is 1. The number of nitrogens with zero attached hydrogens (tertiary/aromatic N) is 2. The van der Waals surface area contributed by atoms with Crippen LogP contribution in [0.25, 0.3) is 0 Å². The predicted molar refractivity (Wildman–Crippen MR) is 148 cm³/mol. The zero-order valence-corrected chi connectivity index (χ0v) is 26.2. The van der Waals surface area contributed by atoms with Crippen LogP contribution in [0.2, 0.25) is 0 Å².